The Morgan fingerprint density at radius 2 is 1.80 bits per heavy atom. The Balaban J connectivity index is 2.17. The molecule has 0 N–H and O–H groups in total. The number of halogens is 2. The van der Waals surface area contributed by atoms with Gasteiger partial charge in [-0.25, -0.2) is 13.8 Å². The Morgan fingerprint density at radius 3 is 2.45 bits per heavy atom. The molecule has 0 saturated heterocycles. The lowest BCUT2D eigenvalue weighted by molar-refractivity contribution is 0.507. The summed E-state index contributed by atoms with van der Waals surface area (Å²) >= 11 is 0. The van der Waals surface area contributed by atoms with Gasteiger partial charge in [0.1, 0.15) is 5.82 Å². The summed E-state index contributed by atoms with van der Waals surface area (Å²) in [5, 5.41) is 0. The van der Waals surface area contributed by atoms with Crippen molar-refractivity contribution in [1.82, 2.24) is 9.97 Å². The Bertz CT molecular complexity index is 601. The number of benzene rings is 1. The van der Waals surface area contributed by atoms with E-state index in [9.17, 15) is 8.78 Å². The van der Waals surface area contributed by atoms with Gasteiger partial charge in [-0.2, -0.15) is 4.98 Å². The van der Waals surface area contributed by atoms with Gasteiger partial charge in [-0.15, -0.1) is 0 Å². The standard InChI is InChI=1S/C14H16F2N4/c1-19(2)14-17-7-6-13(18-14)20(3)9-10-4-5-11(15)12(16)8-10/h4-8H,9H2,1-3H3. The van der Waals surface area contributed by atoms with Crippen molar-refractivity contribution in [3.05, 3.63) is 47.7 Å². The van der Waals surface area contributed by atoms with Crippen LogP contribution in [0.2, 0.25) is 0 Å². The normalized spacial score (nSPS) is 10.4. The molecule has 0 aliphatic carbocycles. The fourth-order valence-electron chi connectivity index (χ4n) is 1.76. The highest BCUT2D eigenvalue weighted by molar-refractivity contribution is 5.43. The zero-order valence-electron chi connectivity index (χ0n) is 11.6. The van der Waals surface area contributed by atoms with E-state index in [1.165, 1.54) is 6.07 Å². The molecule has 0 atom stereocenters. The summed E-state index contributed by atoms with van der Waals surface area (Å²) in [7, 11) is 5.55. The van der Waals surface area contributed by atoms with Crippen LogP contribution in [0.1, 0.15) is 5.56 Å². The summed E-state index contributed by atoms with van der Waals surface area (Å²) in [6, 6.07) is 5.65. The predicted octanol–water partition coefficient (Wildman–Crippen LogP) is 2.46. The van der Waals surface area contributed by atoms with Crippen LogP contribution >= 0.6 is 0 Å². The third-order valence-electron chi connectivity index (χ3n) is 2.82. The van der Waals surface area contributed by atoms with E-state index in [1.54, 1.807) is 23.2 Å². The number of hydrogen-bond donors (Lipinski definition) is 0. The molecule has 0 saturated carbocycles. The van der Waals surface area contributed by atoms with Crippen molar-refractivity contribution in [2.45, 2.75) is 6.54 Å². The van der Waals surface area contributed by atoms with E-state index in [-0.39, 0.29) is 0 Å². The van der Waals surface area contributed by atoms with Crippen LogP contribution < -0.4 is 9.80 Å². The van der Waals surface area contributed by atoms with Gasteiger partial charge in [0.2, 0.25) is 5.95 Å². The number of rotatable bonds is 4. The summed E-state index contributed by atoms with van der Waals surface area (Å²) in [4.78, 5) is 12.2. The summed E-state index contributed by atoms with van der Waals surface area (Å²) in [6.07, 6.45) is 1.67. The first-order valence-corrected chi connectivity index (χ1v) is 6.13. The third kappa shape index (κ3) is 3.20. The van der Waals surface area contributed by atoms with Crippen LogP contribution in [-0.2, 0) is 6.54 Å². The lowest BCUT2D eigenvalue weighted by atomic mass is 10.2. The maximum atomic E-state index is 13.2. The van der Waals surface area contributed by atoms with Gasteiger partial charge in [0.05, 0.1) is 0 Å². The van der Waals surface area contributed by atoms with E-state index in [1.807, 2.05) is 26.0 Å². The van der Waals surface area contributed by atoms with E-state index in [0.29, 0.717) is 23.9 Å². The number of nitrogens with zero attached hydrogens (tertiary/aromatic N) is 4. The highest BCUT2D eigenvalue weighted by Crippen LogP contribution is 2.16. The van der Waals surface area contributed by atoms with Crippen LogP contribution in [0.5, 0.6) is 0 Å². The van der Waals surface area contributed by atoms with Gasteiger partial charge in [0, 0.05) is 33.9 Å². The molecule has 0 aliphatic rings. The van der Waals surface area contributed by atoms with Crippen LogP contribution in [0.25, 0.3) is 0 Å². The molecule has 0 bridgehead atoms. The molecule has 20 heavy (non-hydrogen) atoms. The molecule has 0 aliphatic heterocycles. The SMILES string of the molecule is CN(C)c1nccc(N(C)Cc2ccc(F)c(F)c2)n1. The van der Waals surface area contributed by atoms with Crippen LogP contribution in [-0.4, -0.2) is 31.1 Å². The van der Waals surface area contributed by atoms with E-state index >= 15 is 0 Å². The Labute approximate surface area is 116 Å². The first-order chi connectivity index (χ1) is 9.47. The quantitative estimate of drug-likeness (QED) is 0.860. The second kappa shape index (κ2) is 5.81. The topological polar surface area (TPSA) is 32.3 Å². The van der Waals surface area contributed by atoms with Gasteiger partial charge < -0.3 is 9.80 Å². The molecular formula is C14H16F2N4. The average molecular weight is 278 g/mol. The van der Waals surface area contributed by atoms with Gasteiger partial charge in [0.25, 0.3) is 0 Å². The van der Waals surface area contributed by atoms with E-state index in [0.717, 1.165) is 6.07 Å². The molecule has 1 aromatic heterocycles. The van der Waals surface area contributed by atoms with Gasteiger partial charge >= 0.3 is 0 Å². The van der Waals surface area contributed by atoms with Crippen molar-refractivity contribution in [1.29, 1.82) is 0 Å². The number of aromatic nitrogens is 2. The monoisotopic (exact) mass is 278 g/mol. The third-order valence-corrected chi connectivity index (χ3v) is 2.82. The molecule has 0 unspecified atom stereocenters. The van der Waals surface area contributed by atoms with E-state index < -0.39 is 11.6 Å². The predicted molar refractivity (Wildman–Crippen MR) is 74.8 cm³/mol. The Kier molecular flexibility index (Phi) is 4.12. The van der Waals surface area contributed by atoms with Crippen molar-refractivity contribution in [2.24, 2.45) is 0 Å². The van der Waals surface area contributed by atoms with Gasteiger partial charge in [0.15, 0.2) is 11.6 Å². The summed E-state index contributed by atoms with van der Waals surface area (Å²) in [5.41, 5.74) is 0.677. The first kappa shape index (κ1) is 14.2. The molecule has 0 spiro atoms. The fraction of sp³-hybridized carbons (Fsp3) is 0.286. The maximum Gasteiger partial charge on any atom is 0.226 e. The van der Waals surface area contributed by atoms with Crippen molar-refractivity contribution >= 4 is 11.8 Å². The molecular weight excluding hydrogens is 262 g/mol. The largest absolute Gasteiger partial charge is 0.355 e. The Morgan fingerprint density at radius 1 is 1.05 bits per heavy atom. The van der Waals surface area contributed by atoms with Gasteiger partial charge in [-0.3, -0.25) is 0 Å². The molecule has 2 aromatic rings. The number of hydrogen-bond acceptors (Lipinski definition) is 4. The molecule has 6 heteroatoms. The van der Waals surface area contributed by atoms with Gasteiger partial charge in [-0.1, -0.05) is 6.07 Å². The van der Waals surface area contributed by atoms with Crippen molar-refractivity contribution < 1.29 is 8.78 Å². The summed E-state index contributed by atoms with van der Waals surface area (Å²) < 4.78 is 26.1. The molecule has 2 rings (SSSR count). The van der Waals surface area contributed by atoms with Crippen LogP contribution in [0.3, 0.4) is 0 Å². The second-order valence-corrected chi connectivity index (χ2v) is 4.71. The second-order valence-electron chi connectivity index (χ2n) is 4.71. The lowest BCUT2D eigenvalue weighted by Gasteiger charge is -2.20. The smallest absolute Gasteiger partial charge is 0.226 e. The van der Waals surface area contributed by atoms with Crippen molar-refractivity contribution in [2.75, 3.05) is 30.9 Å². The van der Waals surface area contributed by atoms with Crippen LogP contribution in [0, 0.1) is 11.6 Å². The minimum absolute atomic E-state index is 0.432. The molecule has 1 heterocycles. The number of anilines is 2. The molecule has 4 nitrogen and oxygen atoms in total. The van der Waals surface area contributed by atoms with Crippen LogP contribution in [0.15, 0.2) is 30.5 Å². The highest BCUT2D eigenvalue weighted by Gasteiger charge is 2.08. The van der Waals surface area contributed by atoms with E-state index in [4.69, 9.17) is 0 Å². The van der Waals surface area contributed by atoms with Gasteiger partial charge in [-0.05, 0) is 23.8 Å². The summed E-state index contributed by atoms with van der Waals surface area (Å²) in [6.45, 7) is 0.432. The molecule has 106 valence electrons. The van der Waals surface area contributed by atoms with Crippen LogP contribution in [0.4, 0.5) is 20.5 Å². The molecule has 0 fully saturated rings. The molecule has 0 amide bonds. The van der Waals surface area contributed by atoms with Crippen molar-refractivity contribution in [3.63, 3.8) is 0 Å². The molecule has 1 aromatic carbocycles. The first-order valence-electron chi connectivity index (χ1n) is 6.13. The maximum absolute atomic E-state index is 13.2. The average Bonchev–Trinajstić information content (AvgIpc) is 2.43. The minimum Gasteiger partial charge on any atom is -0.355 e. The zero-order valence-corrected chi connectivity index (χ0v) is 11.6. The zero-order chi connectivity index (χ0) is 14.7. The fourth-order valence-corrected chi connectivity index (χ4v) is 1.76. The Hall–Kier alpha value is -2.24. The lowest BCUT2D eigenvalue weighted by Crippen LogP contribution is -2.20. The van der Waals surface area contributed by atoms with E-state index in [2.05, 4.69) is 9.97 Å². The highest BCUT2D eigenvalue weighted by atomic mass is 19.2. The summed E-state index contributed by atoms with van der Waals surface area (Å²) in [5.74, 6) is -0.367. The minimum atomic E-state index is -0.840. The molecule has 0 radical (unpaired) electrons. The van der Waals surface area contributed by atoms with Crippen molar-refractivity contribution in [3.8, 4) is 0 Å².